The second-order valence-electron chi connectivity index (χ2n) is 10.9. The second kappa shape index (κ2) is 10.5. The Morgan fingerprint density at radius 2 is 1.15 bits per heavy atom. The molecule has 0 spiro atoms. The topological polar surface area (TPSA) is 0 Å². The van der Waals surface area contributed by atoms with Crippen molar-refractivity contribution in [1.82, 2.24) is 0 Å². The van der Waals surface area contributed by atoms with Crippen molar-refractivity contribution in [2.45, 2.75) is 19.8 Å². The first-order chi connectivity index (χ1) is 20.2. The fourth-order valence-corrected chi connectivity index (χ4v) is 6.14. The molecule has 0 amide bonds. The summed E-state index contributed by atoms with van der Waals surface area (Å²) in [6.07, 6.45) is 2.47. The van der Waals surface area contributed by atoms with E-state index in [1.54, 1.807) is 0 Å². The van der Waals surface area contributed by atoms with E-state index in [1.165, 1.54) is 60.9 Å². The van der Waals surface area contributed by atoms with Crippen molar-refractivity contribution in [1.29, 1.82) is 0 Å². The fourth-order valence-electron chi connectivity index (χ4n) is 6.14. The van der Waals surface area contributed by atoms with Gasteiger partial charge in [0.25, 0.3) is 0 Å². The van der Waals surface area contributed by atoms with Crippen molar-refractivity contribution < 1.29 is 0 Å². The van der Waals surface area contributed by atoms with Gasteiger partial charge in [-0.3, -0.25) is 0 Å². The highest BCUT2D eigenvalue weighted by Gasteiger charge is 2.33. The van der Waals surface area contributed by atoms with E-state index in [2.05, 4.69) is 159 Å². The Morgan fingerprint density at radius 3 is 1.85 bits per heavy atom. The van der Waals surface area contributed by atoms with Crippen molar-refractivity contribution in [2.24, 2.45) is 0 Å². The minimum Gasteiger partial charge on any atom is -0.0641 e. The average Bonchev–Trinajstić information content (AvgIpc) is 3.41. The van der Waals surface area contributed by atoms with Gasteiger partial charge in [-0.25, -0.2) is 0 Å². The predicted octanol–water partition coefficient (Wildman–Crippen LogP) is 10.1. The third-order valence-corrected chi connectivity index (χ3v) is 8.11. The van der Waals surface area contributed by atoms with Gasteiger partial charge in [-0.2, -0.15) is 0 Å². The van der Waals surface area contributed by atoms with Gasteiger partial charge in [0.1, 0.15) is 0 Å². The van der Waals surface area contributed by atoms with Crippen LogP contribution in [0.2, 0.25) is 0 Å². The van der Waals surface area contributed by atoms with Crippen LogP contribution in [0.5, 0.6) is 0 Å². The molecule has 0 bridgehead atoms. The Kier molecular flexibility index (Phi) is 6.35. The second-order valence-corrected chi connectivity index (χ2v) is 10.9. The number of aryl methyl sites for hydroxylation is 2. The van der Waals surface area contributed by atoms with Crippen molar-refractivity contribution in [2.75, 3.05) is 0 Å². The van der Waals surface area contributed by atoms with Gasteiger partial charge in [-0.1, -0.05) is 150 Å². The first kappa shape index (κ1) is 24.9. The molecular formula is C41H30. The summed E-state index contributed by atoms with van der Waals surface area (Å²) in [4.78, 5) is 0. The molecule has 194 valence electrons. The molecular weight excluding hydrogens is 492 g/mol. The van der Waals surface area contributed by atoms with Gasteiger partial charge in [0.2, 0.25) is 0 Å². The van der Waals surface area contributed by atoms with E-state index in [4.69, 9.17) is 0 Å². The van der Waals surface area contributed by atoms with Gasteiger partial charge in [-0.15, -0.1) is 0 Å². The van der Waals surface area contributed by atoms with Crippen LogP contribution < -0.4 is 0 Å². The molecule has 1 aliphatic carbocycles. The molecule has 0 aromatic heterocycles. The SMILES string of the molecule is Cc1ccc(C2=CC(c3ccccc3)c3c2c(-c2ccccc2)c2cc(C)ccc2c3C#Cc2ccccc2)cc1. The number of fused-ring (bicyclic) bond motifs is 2. The van der Waals surface area contributed by atoms with E-state index < -0.39 is 0 Å². The standard InChI is InChI=1S/C41H30/c1-28-18-22-32(23-19-28)37-27-36(31-14-8-4-9-15-31)40-35(25-21-30-12-6-3-7-13-30)34-24-20-29(2)26-38(34)39(41(37)40)33-16-10-5-11-17-33/h3-20,22-24,26-27,36H,1-2H3. The number of hydrogen-bond donors (Lipinski definition) is 0. The highest BCUT2D eigenvalue weighted by Crippen LogP contribution is 2.51. The molecule has 0 saturated carbocycles. The zero-order valence-corrected chi connectivity index (χ0v) is 23.4. The molecule has 0 N–H and O–H groups in total. The molecule has 0 nitrogen and oxygen atoms in total. The summed E-state index contributed by atoms with van der Waals surface area (Å²) in [5, 5.41) is 2.45. The maximum absolute atomic E-state index is 3.70. The molecule has 0 fully saturated rings. The summed E-state index contributed by atoms with van der Waals surface area (Å²) in [7, 11) is 0. The molecule has 0 heteroatoms. The Labute approximate surface area is 242 Å². The molecule has 1 aliphatic rings. The number of benzene rings is 6. The third-order valence-electron chi connectivity index (χ3n) is 8.11. The van der Waals surface area contributed by atoms with E-state index in [9.17, 15) is 0 Å². The first-order valence-corrected chi connectivity index (χ1v) is 14.2. The molecule has 0 aliphatic heterocycles. The summed E-state index contributed by atoms with van der Waals surface area (Å²) in [5.74, 6) is 7.31. The normalized spacial score (nSPS) is 13.8. The zero-order chi connectivity index (χ0) is 27.8. The van der Waals surface area contributed by atoms with Crippen LogP contribution in [-0.4, -0.2) is 0 Å². The van der Waals surface area contributed by atoms with E-state index in [0.29, 0.717) is 0 Å². The Morgan fingerprint density at radius 1 is 0.512 bits per heavy atom. The van der Waals surface area contributed by atoms with Crippen molar-refractivity contribution in [3.05, 3.63) is 184 Å². The van der Waals surface area contributed by atoms with Crippen molar-refractivity contribution in [3.63, 3.8) is 0 Å². The van der Waals surface area contributed by atoms with Crippen LogP contribution in [-0.2, 0) is 0 Å². The largest absolute Gasteiger partial charge is 0.0641 e. The third kappa shape index (κ3) is 4.57. The van der Waals surface area contributed by atoms with Gasteiger partial charge >= 0.3 is 0 Å². The fraction of sp³-hybridized carbons (Fsp3) is 0.0732. The number of hydrogen-bond acceptors (Lipinski definition) is 0. The monoisotopic (exact) mass is 522 g/mol. The number of rotatable bonds is 3. The van der Waals surface area contributed by atoms with Crippen LogP contribution in [0.4, 0.5) is 0 Å². The summed E-state index contributed by atoms with van der Waals surface area (Å²) in [6.45, 7) is 4.33. The average molecular weight is 523 g/mol. The Hall–Kier alpha value is -5.12. The molecule has 0 radical (unpaired) electrons. The molecule has 41 heavy (non-hydrogen) atoms. The molecule has 6 aromatic rings. The predicted molar refractivity (Wildman–Crippen MR) is 173 cm³/mol. The molecule has 1 atom stereocenters. The van der Waals surface area contributed by atoms with Crippen LogP contribution in [0.25, 0.3) is 27.5 Å². The summed E-state index contributed by atoms with van der Waals surface area (Å²) in [6, 6.07) is 47.9. The number of allylic oxidation sites excluding steroid dienone is 1. The lowest BCUT2D eigenvalue weighted by molar-refractivity contribution is 1.05. The van der Waals surface area contributed by atoms with Gasteiger partial charge in [0.05, 0.1) is 0 Å². The highest BCUT2D eigenvalue weighted by molar-refractivity contribution is 6.10. The smallest absolute Gasteiger partial charge is 0.0375 e. The minimum absolute atomic E-state index is 0.0933. The van der Waals surface area contributed by atoms with Crippen LogP contribution in [0, 0.1) is 25.7 Å². The van der Waals surface area contributed by atoms with Gasteiger partial charge < -0.3 is 0 Å². The lowest BCUT2D eigenvalue weighted by Crippen LogP contribution is -2.03. The van der Waals surface area contributed by atoms with E-state index in [1.807, 2.05) is 6.07 Å². The van der Waals surface area contributed by atoms with Gasteiger partial charge in [0.15, 0.2) is 0 Å². The van der Waals surface area contributed by atoms with Crippen LogP contribution in [0.3, 0.4) is 0 Å². The lowest BCUT2D eigenvalue weighted by Gasteiger charge is -2.22. The lowest BCUT2D eigenvalue weighted by atomic mass is 9.80. The van der Waals surface area contributed by atoms with Crippen molar-refractivity contribution in [3.8, 4) is 23.0 Å². The van der Waals surface area contributed by atoms with E-state index in [-0.39, 0.29) is 5.92 Å². The summed E-state index contributed by atoms with van der Waals surface area (Å²) < 4.78 is 0. The molecule has 0 heterocycles. The Balaban J connectivity index is 1.64. The van der Waals surface area contributed by atoms with E-state index in [0.717, 1.165) is 11.1 Å². The first-order valence-electron chi connectivity index (χ1n) is 14.2. The molecule has 7 rings (SSSR count). The van der Waals surface area contributed by atoms with Crippen LogP contribution in [0.1, 0.15) is 50.4 Å². The molecule has 6 aromatic carbocycles. The molecule has 1 unspecified atom stereocenters. The summed E-state index contributed by atoms with van der Waals surface area (Å²) in [5.41, 5.74) is 13.6. The van der Waals surface area contributed by atoms with Crippen LogP contribution >= 0.6 is 0 Å². The van der Waals surface area contributed by atoms with Gasteiger partial charge in [0, 0.05) is 17.0 Å². The van der Waals surface area contributed by atoms with E-state index >= 15 is 0 Å². The van der Waals surface area contributed by atoms with Crippen molar-refractivity contribution >= 4 is 16.3 Å². The maximum atomic E-state index is 3.70. The molecule has 0 saturated heterocycles. The quantitative estimate of drug-likeness (QED) is 0.203. The highest BCUT2D eigenvalue weighted by atomic mass is 14.3. The van der Waals surface area contributed by atoms with Crippen LogP contribution in [0.15, 0.2) is 140 Å². The summed E-state index contributed by atoms with van der Waals surface area (Å²) >= 11 is 0. The maximum Gasteiger partial charge on any atom is 0.0375 e. The zero-order valence-electron chi connectivity index (χ0n) is 23.4. The minimum atomic E-state index is 0.0933. The Bertz CT molecular complexity index is 1970. The van der Waals surface area contributed by atoms with Gasteiger partial charge in [-0.05, 0) is 75.7 Å².